The van der Waals surface area contributed by atoms with E-state index in [4.69, 9.17) is 4.74 Å². The molecule has 21 heavy (non-hydrogen) atoms. The predicted molar refractivity (Wildman–Crippen MR) is 81.8 cm³/mol. The minimum atomic E-state index is -0.870. The van der Waals surface area contributed by atoms with Crippen LogP contribution in [0.25, 0.3) is 0 Å². The first kappa shape index (κ1) is 17.7. The number of carboxylic acids is 1. The van der Waals surface area contributed by atoms with Gasteiger partial charge < -0.3 is 9.84 Å². The quantitative estimate of drug-likeness (QED) is 0.573. The molecule has 0 amide bonds. The van der Waals surface area contributed by atoms with Gasteiger partial charge in [0.25, 0.3) is 0 Å². The van der Waals surface area contributed by atoms with Crippen LogP contribution in [0.2, 0.25) is 0 Å². The molecule has 4 heteroatoms. The average molecular weight is 296 g/mol. The predicted octanol–water partition coefficient (Wildman–Crippen LogP) is 3.80. The minimum Gasteiger partial charge on any atom is -0.481 e. The van der Waals surface area contributed by atoms with Crippen molar-refractivity contribution >= 4 is 11.9 Å². The monoisotopic (exact) mass is 296 g/mol. The Labute approximate surface area is 127 Å². The van der Waals surface area contributed by atoms with E-state index < -0.39 is 18.0 Å². The van der Waals surface area contributed by atoms with Gasteiger partial charge in [-0.3, -0.25) is 9.59 Å². The Hall–Kier alpha value is -1.32. The summed E-state index contributed by atoms with van der Waals surface area (Å²) >= 11 is 0. The van der Waals surface area contributed by atoms with Crippen LogP contribution in [0.1, 0.15) is 59.8 Å². The lowest BCUT2D eigenvalue weighted by atomic mass is 9.74. The maximum absolute atomic E-state index is 11.9. The number of allylic oxidation sites excluding steroid dienone is 2. The van der Waals surface area contributed by atoms with E-state index in [9.17, 15) is 14.7 Å². The Morgan fingerprint density at radius 1 is 1.43 bits per heavy atom. The molecule has 0 aromatic carbocycles. The van der Waals surface area contributed by atoms with Gasteiger partial charge in [-0.1, -0.05) is 32.4 Å². The second kappa shape index (κ2) is 8.20. The number of carbonyl (C=O) groups excluding carboxylic acids is 1. The van der Waals surface area contributed by atoms with Crippen molar-refractivity contribution in [3.63, 3.8) is 0 Å². The highest BCUT2D eigenvalue weighted by Gasteiger charge is 2.39. The van der Waals surface area contributed by atoms with Gasteiger partial charge in [0.2, 0.25) is 0 Å². The van der Waals surface area contributed by atoms with E-state index in [1.807, 2.05) is 13.8 Å². The van der Waals surface area contributed by atoms with Gasteiger partial charge in [0.15, 0.2) is 0 Å². The fourth-order valence-electron chi connectivity index (χ4n) is 3.21. The smallest absolute Gasteiger partial charge is 0.310 e. The van der Waals surface area contributed by atoms with Gasteiger partial charge in [0.1, 0.15) is 6.10 Å². The third-order valence-electron chi connectivity index (χ3n) is 4.39. The zero-order valence-corrected chi connectivity index (χ0v) is 13.6. The van der Waals surface area contributed by atoms with Gasteiger partial charge in [-0.2, -0.15) is 0 Å². The van der Waals surface area contributed by atoms with Crippen molar-refractivity contribution in [1.29, 1.82) is 0 Å². The lowest BCUT2D eigenvalue weighted by Gasteiger charge is -2.36. The van der Waals surface area contributed by atoms with E-state index in [0.717, 1.165) is 12.8 Å². The number of carbonyl (C=O) groups is 2. The molecule has 0 fully saturated rings. The molecule has 0 aromatic rings. The largest absolute Gasteiger partial charge is 0.481 e. The second-order valence-electron chi connectivity index (χ2n) is 6.13. The van der Waals surface area contributed by atoms with Crippen LogP contribution in [-0.2, 0) is 14.3 Å². The summed E-state index contributed by atoms with van der Waals surface area (Å²) in [5.41, 5.74) is 1.33. The molecular weight excluding hydrogens is 268 g/mol. The van der Waals surface area contributed by atoms with Gasteiger partial charge in [-0.15, -0.1) is 0 Å². The van der Waals surface area contributed by atoms with Gasteiger partial charge in [0.05, 0.1) is 5.92 Å². The van der Waals surface area contributed by atoms with Crippen molar-refractivity contribution in [3.8, 4) is 0 Å². The molecule has 1 rings (SSSR count). The molecule has 0 bridgehead atoms. The van der Waals surface area contributed by atoms with E-state index in [0.29, 0.717) is 19.3 Å². The van der Waals surface area contributed by atoms with E-state index in [1.54, 1.807) is 0 Å². The Balaban J connectivity index is 2.95. The van der Waals surface area contributed by atoms with Crippen LogP contribution < -0.4 is 0 Å². The Morgan fingerprint density at radius 3 is 2.57 bits per heavy atom. The van der Waals surface area contributed by atoms with Crippen molar-refractivity contribution in [2.45, 2.75) is 65.9 Å². The summed E-state index contributed by atoms with van der Waals surface area (Å²) in [5, 5.41) is 9.45. The van der Waals surface area contributed by atoms with Crippen LogP contribution in [0.4, 0.5) is 0 Å². The fourth-order valence-corrected chi connectivity index (χ4v) is 3.21. The summed E-state index contributed by atoms with van der Waals surface area (Å²) in [7, 11) is 0. The number of aliphatic carboxylic acids is 1. The zero-order valence-electron chi connectivity index (χ0n) is 13.6. The van der Waals surface area contributed by atoms with Crippen LogP contribution in [0.3, 0.4) is 0 Å². The molecular formula is C17H28O4. The highest BCUT2D eigenvalue weighted by molar-refractivity contribution is 5.73. The Morgan fingerprint density at radius 2 is 2.10 bits per heavy atom. The summed E-state index contributed by atoms with van der Waals surface area (Å²) in [6, 6.07) is 0. The van der Waals surface area contributed by atoms with Crippen molar-refractivity contribution in [2.24, 2.45) is 17.8 Å². The molecule has 1 aliphatic carbocycles. The molecule has 0 heterocycles. The van der Waals surface area contributed by atoms with E-state index in [1.165, 1.54) is 5.57 Å². The second-order valence-corrected chi connectivity index (χ2v) is 6.13. The third kappa shape index (κ3) is 4.87. The maximum Gasteiger partial charge on any atom is 0.310 e. The highest BCUT2D eigenvalue weighted by atomic mass is 16.5. The summed E-state index contributed by atoms with van der Waals surface area (Å²) < 4.78 is 5.60. The van der Waals surface area contributed by atoms with Crippen molar-refractivity contribution < 1.29 is 19.4 Å². The first-order valence-electron chi connectivity index (χ1n) is 8.00. The molecule has 4 atom stereocenters. The molecule has 4 nitrogen and oxygen atoms in total. The summed E-state index contributed by atoms with van der Waals surface area (Å²) in [5.74, 6) is -1.43. The van der Waals surface area contributed by atoms with Crippen LogP contribution in [0, 0.1) is 17.8 Å². The van der Waals surface area contributed by atoms with Gasteiger partial charge >= 0.3 is 11.9 Å². The van der Waals surface area contributed by atoms with Crippen molar-refractivity contribution in [1.82, 2.24) is 0 Å². The lowest BCUT2D eigenvalue weighted by Crippen LogP contribution is -2.41. The minimum absolute atomic E-state index is 0.0931. The normalized spacial score (nSPS) is 24.9. The molecule has 1 aliphatic rings. The van der Waals surface area contributed by atoms with Crippen LogP contribution in [-0.4, -0.2) is 23.1 Å². The number of esters is 1. The van der Waals surface area contributed by atoms with Gasteiger partial charge in [0, 0.05) is 12.3 Å². The third-order valence-corrected chi connectivity index (χ3v) is 4.39. The molecule has 0 saturated carbocycles. The average Bonchev–Trinajstić information content (AvgIpc) is 2.38. The molecule has 0 aromatic heterocycles. The Bertz CT molecular complexity index is 400. The summed E-state index contributed by atoms with van der Waals surface area (Å²) in [6.07, 6.45) is 5.04. The van der Waals surface area contributed by atoms with E-state index in [2.05, 4.69) is 19.9 Å². The number of ether oxygens (including phenoxy) is 1. The fraction of sp³-hybridized carbons (Fsp3) is 0.765. The van der Waals surface area contributed by atoms with Crippen LogP contribution >= 0.6 is 0 Å². The molecule has 0 saturated heterocycles. The van der Waals surface area contributed by atoms with Crippen molar-refractivity contribution in [3.05, 3.63) is 11.6 Å². The van der Waals surface area contributed by atoms with Crippen LogP contribution in [0.15, 0.2) is 11.6 Å². The number of carboxylic acid groups (broad SMARTS) is 1. The summed E-state index contributed by atoms with van der Waals surface area (Å²) in [4.78, 5) is 23.4. The summed E-state index contributed by atoms with van der Waals surface area (Å²) in [6.45, 7) is 7.94. The highest BCUT2D eigenvalue weighted by Crippen LogP contribution is 2.36. The standard InChI is InChI=1S/C17H28O4/c1-5-7-15(18)21-16(13(6-2)17(19)20)14-9-8-11(3)10-12(14)4/h10,12-14,16H,5-9H2,1-4H3,(H,19,20). The van der Waals surface area contributed by atoms with Gasteiger partial charge in [-0.05, 0) is 38.5 Å². The molecule has 1 N–H and O–H groups in total. The topological polar surface area (TPSA) is 63.6 Å². The molecule has 4 unspecified atom stereocenters. The molecule has 0 aliphatic heterocycles. The number of rotatable bonds is 7. The molecule has 120 valence electrons. The van der Waals surface area contributed by atoms with E-state index >= 15 is 0 Å². The van der Waals surface area contributed by atoms with Gasteiger partial charge in [-0.25, -0.2) is 0 Å². The maximum atomic E-state index is 11.9. The first-order valence-corrected chi connectivity index (χ1v) is 8.00. The molecule has 0 spiro atoms. The zero-order chi connectivity index (χ0) is 16.0. The SMILES string of the molecule is CCCC(=O)OC(C(CC)C(=O)O)C1CCC(C)=CC1C. The Kier molecular flexibility index (Phi) is 6.93. The first-order chi connectivity index (χ1) is 9.90. The number of hydrogen-bond donors (Lipinski definition) is 1. The molecule has 0 radical (unpaired) electrons. The van der Waals surface area contributed by atoms with E-state index in [-0.39, 0.29) is 17.8 Å². The number of hydrogen-bond acceptors (Lipinski definition) is 3. The van der Waals surface area contributed by atoms with Crippen LogP contribution in [0.5, 0.6) is 0 Å². The lowest BCUT2D eigenvalue weighted by molar-refractivity contribution is -0.164. The van der Waals surface area contributed by atoms with Crippen molar-refractivity contribution in [2.75, 3.05) is 0 Å².